The first-order valence-corrected chi connectivity index (χ1v) is 14.3. The number of amides is 1. The summed E-state index contributed by atoms with van der Waals surface area (Å²) >= 11 is 1.51. The molecule has 3 aromatic rings. The van der Waals surface area contributed by atoms with Gasteiger partial charge in [0, 0.05) is 32.2 Å². The van der Waals surface area contributed by atoms with Gasteiger partial charge in [-0.15, -0.1) is 0 Å². The van der Waals surface area contributed by atoms with Crippen molar-refractivity contribution in [3.63, 3.8) is 0 Å². The van der Waals surface area contributed by atoms with Crippen molar-refractivity contribution >= 4 is 37.5 Å². The molecule has 0 bridgehead atoms. The van der Waals surface area contributed by atoms with Gasteiger partial charge in [-0.1, -0.05) is 29.0 Å². The van der Waals surface area contributed by atoms with E-state index in [0.29, 0.717) is 55.4 Å². The number of aryl methyl sites for hydroxylation is 3. The van der Waals surface area contributed by atoms with Gasteiger partial charge in [0.2, 0.25) is 10.0 Å². The average Bonchev–Trinajstić information content (AvgIpc) is 3.15. The number of fused-ring (bicyclic) bond motifs is 1. The third kappa shape index (κ3) is 5.58. The van der Waals surface area contributed by atoms with Gasteiger partial charge in [0.05, 0.1) is 21.7 Å². The molecule has 0 saturated carbocycles. The molecule has 1 saturated heterocycles. The van der Waals surface area contributed by atoms with Gasteiger partial charge in [-0.25, -0.2) is 8.42 Å². The molecule has 7 nitrogen and oxygen atoms in total. The van der Waals surface area contributed by atoms with E-state index in [1.807, 2.05) is 13.8 Å². The second kappa shape index (κ2) is 10.7. The Morgan fingerprint density at radius 2 is 1.74 bits per heavy atom. The number of carbonyl (C=O) groups excluding carboxylic acids is 1. The highest BCUT2D eigenvalue weighted by atomic mass is 32.2. The molecule has 1 amide bonds. The van der Waals surface area contributed by atoms with Gasteiger partial charge >= 0.3 is 0 Å². The predicted octanol–water partition coefficient (Wildman–Crippen LogP) is 4.19. The first-order valence-electron chi connectivity index (χ1n) is 12.0. The van der Waals surface area contributed by atoms with Crippen molar-refractivity contribution < 1.29 is 17.9 Å². The number of ether oxygens (including phenoxy) is 1. The van der Waals surface area contributed by atoms with Gasteiger partial charge in [-0.3, -0.25) is 4.79 Å². The molecule has 0 aliphatic carbocycles. The lowest BCUT2D eigenvalue weighted by Crippen LogP contribution is -2.40. The summed E-state index contributed by atoms with van der Waals surface area (Å²) in [6.45, 7) is 10.5. The summed E-state index contributed by atoms with van der Waals surface area (Å²) in [6.07, 6.45) is 0.935. The molecule has 0 unspecified atom stereocenters. The van der Waals surface area contributed by atoms with Crippen LogP contribution in [0.25, 0.3) is 10.2 Å². The maximum atomic E-state index is 13.2. The minimum atomic E-state index is -3.56. The zero-order valence-corrected chi connectivity index (χ0v) is 22.4. The van der Waals surface area contributed by atoms with E-state index in [2.05, 4.69) is 35.5 Å². The highest BCUT2D eigenvalue weighted by Crippen LogP contribution is 2.26. The largest absolute Gasteiger partial charge is 0.380 e. The van der Waals surface area contributed by atoms with Crippen molar-refractivity contribution in [2.45, 2.75) is 52.0 Å². The van der Waals surface area contributed by atoms with E-state index in [9.17, 15) is 13.2 Å². The Hall–Kier alpha value is -2.33. The molecule has 0 N–H and O–H groups in total. The van der Waals surface area contributed by atoms with Crippen LogP contribution in [-0.4, -0.2) is 49.5 Å². The molecule has 2 aromatic carbocycles. The maximum Gasteiger partial charge on any atom is 0.251 e. The molecule has 2 heterocycles. The van der Waals surface area contributed by atoms with Crippen LogP contribution in [0.3, 0.4) is 0 Å². The van der Waals surface area contributed by atoms with Crippen LogP contribution in [0.5, 0.6) is 0 Å². The molecule has 1 aromatic heterocycles. The molecule has 1 aliphatic heterocycles. The molecule has 0 atom stereocenters. The van der Waals surface area contributed by atoms with Crippen LogP contribution >= 0.6 is 11.3 Å². The molecule has 1 fully saturated rings. The molecule has 35 heavy (non-hydrogen) atoms. The second-order valence-electron chi connectivity index (χ2n) is 9.08. The summed E-state index contributed by atoms with van der Waals surface area (Å²) in [5.74, 6) is -0.462. The van der Waals surface area contributed by atoms with Gasteiger partial charge in [0.25, 0.3) is 5.91 Å². The Bertz CT molecular complexity index is 1380. The van der Waals surface area contributed by atoms with E-state index < -0.39 is 10.0 Å². The fourth-order valence-corrected chi connectivity index (χ4v) is 6.92. The van der Waals surface area contributed by atoms with E-state index in [4.69, 9.17) is 4.74 Å². The van der Waals surface area contributed by atoms with Gasteiger partial charge in [0.15, 0.2) is 4.80 Å². The van der Waals surface area contributed by atoms with E-state index in [1.165, 1.54) is 26.8 Å². The van der Waals surface area contributed by atoms with Crippen LogP contribution in [0.2, 0.25) is 0 Å². The summed E-state index contributed by atoms with van der Waals surface area (Å²) in [5, 5.41) is 0. The normalized spacial score (nSPS) is 16.3. The third-order valence-corrected chi connectivity index (χ3v) is 9.58. The SMILES string of the molecule is CCOCCn1c(=NC(=O)C2CCN(S(=O)(=O)c3ccc(C)cc3)CC2)sc2cc(C)c(C)cc21. The number of sulfonamides is 1. The van der Waals surface area contributed by atoms with Crippen molar-refractivity contribution in [2.24, 2.45) is 10.9 Å². The Morgan fingerprint density at radius 1 is 1.09 bits per heavy atom. The Balaban J connectivity index is 1.54. The van der Waals surface area contributed by atoms with E-state index in [-0.39, 0.29) is 11.8 Å². The number of hydrogen-bond acceptors (Lipinski definition) is 5. The van der Waals surface area contributed by atoms with E-state index >= 15 is 0 Å². The first-order chi connectivity index (χ1) is 16.7. The number of rotatable bonds is 7. The van der Waals surface area contributed by atoms with Crippen LogP contribution < -0.4 is 4.80 Å². The fraction of sp³-hybridized carbons (Fsp3) is 0.462. The molecule has 0 spiro atoms. The first kappa shape index (κ1) is 25.8. The Labute approximate surface area is 211 Å². The maximum absolute atomic E-state index is 13.2. The molecule has 0 radical (unpaired) electrons. The lowest BCUT2D eigenvalue weighted by molar-refractivity contribution is -0.122. The molecule has 1 aliphatic rings. The van der Waals surface area contributed by atoms with Crippen LogP contribution in [0.15, 0.2) is 46.3 Å². The van der Waals surface area contributed by atoms with Crippen molar-refractivity contribution in [3.8, 4) is 0 Å². The second-order valence-corrected chi connectivity index (χ2v) is 12.0. The molecule has 188 valence electrons. The highest BCUT2D eigenvalue weighted by Gasteiger charge is 2.32. The summed E-state index contributed by atoms with van der Waals surface area (Å²) in [5.41, 5.74) is 4.47. The van der Waals surface area contributed by atoms with Gasteiger partial charge in [-0.05, 0) is 75.9 Å². The van der Waals surface area contributed by atoms with Crippen LogP contribution in [-0.2, 0) is 26.1 Å². The standard InChI is InChI=1S/C26H33N3O4S2/c1-5-33-15-14-29-23-16-19(3)20(4)17-24(23)34-26(29)27-25(30)21-10-12-28(13-11-21)35(31,32)22-8-6-18(2)7-9-22/h6-9,16-17,21H,5,10-15H2,1-4H3. The lowest BCUT2D eigenvalue weighted by atomic mass is 9.98. The van der Waals surface area contributed by atoms with Crippen molar-refractivity contribution in [3.05, 3.63) is 57.9 Å². The van der Waals surface area contributed by atoms with Crippen molar-refractivity contribution in [2.75, 3.05) is 26.3 Å². The number of carbonyl (C=O) groups is 1. The topological polar surface area (TPSA) is 81.0 Å². The quantitative estimate of drug-likeness (QED) is 0.442. The number of nitrogens with zero attached hydrogens (tertiary/aromatic N) is 3. The minimum absolute atomic E-state index is 0.178. The summed E-state index contributed by atoms with van der Waals surface area (Å²) in [6, 6.07) is 11.2. The molecular weight excluding hydrogens is 482 g/mol. The monoisotopic (exact) mass is 515 g/mol. The highest BCUT2D eigenvalue weighted by molar-refractivity contribution is 7.89. The predicted molar refractivity (Wildman–Crippen MR) is 139 cm³/mol. The van der Waals surface area contributed by atoms with Crippen molar-refractivity contribution in [1.29, 1.82) is 0 Å². The Kier molecular flexibility index (Phi) is 7.90. The lowest BCUT2D eigenvalue weighted by Gasteiger charge is -2.29. The number of piperidine rings is 1. The van der Waals surface area contributed by atoms with Gasteiger partial charge in [0.1, 0.15) is 0 Å². The Morgan fingerprint density at radius 3 is 2.40 bits per heavy atom. The van der Waals surface area contributed by atoms with Crippen LogP contribution in [0.4, 0.5) is 0 Å². The van der Waals surface area contributed by atoms with Crippen LogP contribution in [0.1, 0.15) is 36.5 Å². The summed E-state index contributed by atoms with van der Waals surface area (Å²) in [4.78, 5) is 18.6. The molecule has 4 rings (SSSR count). The van der Waals surface area contributed by atoms with E-state index in [0.717, 1.165) is 15.8 Å². The average molecular weight is 516 g/mol. The molecule has 9 heteroatoms. The number of aromatic nitrogens is 1. The van der Waals surface area contributed by atoms with Crippen LogP contribution in [0, 0.1) is 26.7 Å². The summed E-state index contributed by atoms with van der Waals surface area (Å²) in [7, 11) is -3.56. The number of hydrogen-bond donors (Lipinski definition) is 0. The zero-order chi connectivity index (χ0) is 25.2. The van der Waals surface area contributed by atoms with Gasteiger partial charge in [-0.2, -0.15) is 9.30 Å². The van der Waals surface area contributed by atoms with Crippen molar-refractivity contribution in [1.82, 2.24) is 8.87 Å². The molecular formula is C26H33N3O4S2. The fourth-order valence-electron chi connectivity index (χ4n) is 4.31. The van der Waals surface area contributed by atoms with Gasteiger partial charge < -0.3 is 9.30 Å². The summed E-state index contributed by atoms with van der Waals surface area (Å²) < 4.78 is 36.2. The minimum Gasteiger partial charge on any atom is -0.380 e. The van der Waals surface area contributed by atoms with E-state index in [1.54, 1.807) is 24.3 Å². The smallest absolute Gasteiger partial charge is 0.251 e. The zero-order valence-electron chi connectivity index (χ0n) is 20.8. The third-order valence-electron chi connectivity index (χ3n) is 6.63. The number of thiazole rings is 1. The number of benzene rings is 2.